The van der Waals surface area contributed by atoms with Crippen LogP contribution >= 0.6 is 0 Å². The molecule has 3 aliphatic rings. The molecule has 2 amide bonds. The number of rotatable bonds is 13. The minimum atomic E-state index is -2.34. The number of carbonyl (C=O) groups is 3. The maximum absolute atomic E-state index is 14.5. The predicted octanol–water partition coefficient (Wildman–Crippen LogP) is 8.30. The summed E-state index contributed by atoms with van der Waals surface area (Å²) in [6, 6.07) is 0.901. The molecule has 1 N–H and O–H groups in total. The number of aryl methyl sites for hydroxylation is 1. The van der Waals surface area contributed by atoms with Crippen LogP contribution in [0.1, 0.15) is 137 Å². The third kappa shape index (κ3) is 7.39. The Morgan fingerprint density at radius 3 is 2.22 bits per heavy atom. The van der Waals surface area contributed by atoms with Gasteiger partial charge in [-0.15, -0.1) is 23.7 Å². The van der Waals surface area contributed by atoms with Crippen molar-refractivity contribution in [2.45, 2.75) is 155 Å². The van der Waals surface area contributed by atoms with Crippen LogP contribution in [0, 0.1) is 35.0 Å². The van der Waals surface area contributed by atoms with Gasteiger partial charge in [-0.25, -0.2) is 4.79 Å². The van der Waals surface area contributed by atoms with E-state index in [1.807, 2.05) is 33.8 Å². The fourth-order valence-electron chi connectivity index (χ4n) is 9.56. The highest BCUT2D eigenvalue weighted by Gasteiger charge is 2.71. The second kappa shape index (κ2) is 15.6. The number of likely N-dealkylation sites (tertiary alicyclic amines) is 2. The Morgan fingerprint density at radius 1 is 1.04 bits per heavy atom. The Bertz CT molecular complexity index is 1510. The number of carboxylic acid groups (broad SMARTS) is 1. The maximum atomic E-state index is 14.5. The van der Waals surface area contributed by atoms with Crippen LogP contribution in [0.25, 0.3) is 0 Å². The van der Waals surface area contributed by atoms with E-state index in [0.717, 1.165) is 18.4 Å². The molecule has 5 atom stereocenters. The summed E-state index contributed by atoms with van der Waals surface area (Å²) in [6.07, 6.45) is 3.35. The predicted molar refractivity (Wildman–Crippen MR) is 197 cm³/mol. The minimum Gasteiger partial charge on any atom is -0.481 e. The molecule has 276 valence electrons. The van der Waals surface area contributed by atoms with Gasteiger partial charge in [-0.05, 0) is 76.6 Å². The lowest BCUT2D eigenvalue weighted by molar-refractivity contribution is -0.161. The van der Waals surface area contributed by atoms with E-state index >= 15 is 0 Å². The molecule has 4 rings (SSSR count). The Balaban J connectivity index is 1.88. The van der Waals surface area contributed by atoms with Gasteiger partial charge in [0, 0.05) is 49.2 Å². The summed E-state index contributed by atoms with van der Waals surface area (Å²) in [4.78, 5) is 45.4. The van der Waals surface area contributed by atoms with Gasteiger partial charge in [0.1, 0.15) is 29.1 Å². The monoisotopic (exact) mass is 708 g/mol. The average Bonchev–Trinajstić information content (AvgIpc) is 3.62. The molecular formula is C40H60N2O7Si. The maximum Gasteiger partial charge on any atom is 0.411 e. The molecule has 0 unspecified atom stereocenters. The van der Waals surface area contributed by atoms with Gasteiger partial charge in [0.2, 0.25) is 5.91 Å². The van der Waals surface area contributed by atoms with E-state index in [-0.39, 0.29) is 5.91 Å². The number of nitrogens with zero attached hydrogens (tertiary/aromatic N) is 2. The molecule has 1 aromatic heterocycles. The summed E-state index contributed by atoms with van der Waals surface area (Å²) >= 11 is 0. The number of ether oxygens (including phenoxy) is 1. The van der Waals surface area contributed by atoms with Crippen molar-refractivity contribution >= 4 is 26.3 Å². The highest BCUT2D eigenvalue weighted by molar-refractivity contribution is 6.77. The number of furan rings is 1. The highest BCUT2D eigenvalue weighted by Crippen LogP contribution is 2.68. The van der Waals surface area contributed by atoms with Crippen LogP contribution in [-0.4, -0.2) is 72.5 Å². The van der Waals surface area contributed by atoms with Crippen molar-refractivity contribution < 1.29 is 33.1 Å². The average molecular weight is 709 g/mol. The number of aliphatic carboxylic acids is 1. The van der Waals surface area contributed by atoms with Gasteiger partial charge in [0.05, 0.1) is 12.6 Å². The van der Waals surface area contributed by atoms with Crippen molar-refractivity contribution in [1.29, 1.82) is 0 Å². The largest absolute Gasteiger partial charge is 0.481 e. The zero-order valence-electron chi connectivity index (χ0n) is 32.3. The first-order chi connectivity index (χ1) is 23.5. The number of piperidine rings is 1. The zero-order chi connectivity index (χ0) is 37.2. The number of carboxylic acids is 1. The number of amides is 2. The summed E-state index contributed by atoms with van der Waals surface area (Å²) in [5, 5.41) is 10.8. The van der Waals surface area contributed by atoms with Crippen molar-refractivity contribution in [1.82, 2.24) is 9.80 Å². The van der Waals surface area contributed by atoms with Gasteiger partial charge in [-0.1, -0.05) is 41.5 Å². The smallest absolute Gasteiger partial charge is 0.411 e. The lowest BCUT2D eigenvalue weighted by atomic mass is 9.63. The van der Waals surface area contributed by atoms with E-state index in [1.54, 1.807) is 16.7 Å². The van der Waals surface area contributed by atoms with Crippen LogP contribution < -0.4 is 0 Å². The van der Waals surface area contributed by atoms with E-state index in [2.05, 4.69) is 65.2 Å². The molecule has 2 fully saturated rings. The Morgan fingerprint density at radius 2 is 1.66 bits per heavy atom. The molecule has 1 aliphatic carbocycles. The highest BCUT2D eigenvalue weighted by atomic mass is 28.4. The van der Waals surface area contributed by atoms with Gasteiger partial charge in [0.15, 0.2) is 8.32 Å². The van der Waals surface area contributed by atoms with Crippen LogP contribution in [0.3, 0.4) is 0 Å². The normalized spacial score (nSPS) is 24.5. The Kier molecular flexibility index (Phi) is 12.3. The summed E-state index contributed by atoms with van der Waals surface area (Å²) in [5.74, 6) is 9.75. The zero-order valence-corrected chi connectivity index (χ0v) is 33.3. The van der Waals surface area contributed by atoms with Crippen molar-refractivity contribution in [3.8, 4) is 23.7 Å². The molecule has 1 spiro atoms. The third-order valence-electron chi connectivity index (χ3n) is 11.2. The fourth-order valence-corrected chi connectivity index (χ4v) is 15.0. The molecule has 0 radical (unpaired) electrons. The molecule has 2 saturated heterocycles. The Hall–Kier alpha value is -3.21. The molecule has 0 aromatic carbocycles. The number of hydrogen-bond acceptors (Lipinski definition) is 6. The van der Waals surface area contributed by atoms with Crippen molar-refractivity contribution in [2.24, 2.45) is 11.3 Å². The van der Waals surface area contributed by atoms with Crippen molar-refractivity contribution in [2.75, 3.05) is 19.7 Å². The van der Waals surface area contributed by atoms with Crippen LogP contribution in [0.4, 0.5) is 4.79 Å². The van der Waals surface area contributed by atoms with Crippen molar-refractivity contribution in [3.63, 3.8) is 0 Å². The van der Waals surface area contributed by atoms with Crippen molar-refractivity contribution in [3.05, 3.63) is 23.2 Å². The molecule has 2 aliphatic heterocycles. The molecular weight excluding hydrogens is 649 g/mol. The van der Waals surface area contributed by atoms with E-state index in [9.17, 15) is 19.5 Å². The van der Waals surface area contributed by atoms with Crippen LogP contribution in [-0.2, 0) is 25.2 Å². The summed E-state index contributed by atoms with van der Waals surface area (Å²) in [5.41, 5.74) is 0.178. The topological polar surface area (TPSA) is 110 Å². The molecule has 10 heteroatoms. The Labute approximate surface area is 301 Å². The van der Waals surface area contributed by atoms with Crippen LogP contribution in [0.15, 0.2) is 10.5 Å². The molecule has 1 aromatic rings. The van der Waals surface area contributed by atoms with E-state index < -0.39 is 55.3 Å². The van der Waals surface area contributed by atoms with E-state index in [0.29, 0.717) is 73.5 Å². The fraction of sp³-hybridized carbons (Fsp3) is 0.725. The summed E-state index contributed by atoms with van der Waals surface area (Å²) in [7, 11) is -2.34. The SMILES string of the molecule is CC#CCCCCN1C[C@]23C[C@H](CO[Si](C(C)C)(C(C)C)C(C)C)N(C(=O)OC(C)(C)C)[C@H]2c2oc(CCC#CC)cc2[C@@H]3[C@H](C(=O)O)C1=O. The standard InChI is InChI=1S/C40H60N2O7Si/c1-12-14-16-17-19-21-41-25-40-23-29(24-47-50(26(3)4,27(5)6)28(7)8)42(38(46)49-39(9,10)11)35(40)34-31(22-30(48-34)20-18-15-13-2)33(40)32(36(41)43)37(44)45/h22,26-29,32-33,35H,16-21,23-25H2,1-11H3,(H,44,45)/t29-,32+,33-,35+,40+/m1/s1. The molecule has 50 heavy (non-hydrogen) atoms. The molecule has 0 saturated carbocycles. The molecule has 9 nitrogen and oxygen atoms in total. The van der Waals surface area contributed by atoms with Gasteiger partial charge in [0.25, 0.3) is 0 Å². The van der Waals surface area contributed by atoms with Gasteiger partial charge in [-0.2, -0.15) is 0 Å². The molecule has 3 heterocycles. The quantitative estimate of drug-likeness (QED) is 0.0951. The first-order valence-corrected chi connectivity index (χ1v) is 20.7. The lowest BCUT2D eigenvalue weighted by Crippen LogP contribution is -2.57. The number of hydrogen-bond donors (Lipinski definition) is 1. The van der Waals surface area contributed by atoms with E-state index in [1.165, 1.54) is 0 Å². The number of fused-ring (bicyclic) bond motifs is 3. The number of unbranched alkanes of at least 4 members (excludes halogenated alkanes) is 2. The van der Waals surface area contributed by atoms with Gasteiger partial charge < -0.3 is 23.6 Å². The summed E-state index contributed by atoms with van der Waals surface area (Å²) in [6.45, 7) is 23.6. The number of carbonyl (C=O) groups excluding carboxylic acids is 2. The lowest BCUT2D eigenvalue weighted by Gasteiger charge is -2.47. The second-order valence-corrected chi connectivity index (χ2v) is 21.9. The second-order valence-electron chi connectivity index (χ2n) is 16.4. The minimum absolute atomic E-state index is 0.307. The van der Waals surface area contributed by atoms with Crippen LogP contribution in [0.2, 0.25) is 16.6 Å². The van der Waals surface area contributed by atoms with Gasteiger partial charge in [-0.3, -0.25) is 14.5 Å². The molecule has 0 bridgehead atoms. The summed E-state index contributed by atoms with van der Waals surface area (Å²) < 4.78 is 19.9. The van der Waals surface area contributed by atoms with E-state index in [4.69, 9.17) is 13.6 Å². The first-order valence-electron chi connectivity index (χ1n) is 18.5. The van der Waals surface area contributed by atoms with Gasteiger partial charge >= 0.3 is 12.1 Å². The first kappa shape index (κ1) is 39.6. The van der Waals surface area contributed by atoms with Crippen LogP contribution in [0.5, 0.6) is 0 Å². The third-order valence-corrected chi connectivity index (χ3v) is 17.3.